The Balaban J connectivity index is 1.64. The second-order valence-electron chi connectivity index (χ2n) is 8.10. The average molecular weight is 422 g/mol. The number of amides is 3. The first-order valence-electron chi connectivity index (χ1n) is 10.2. The van der Waals surface area contributed by atoms with Crippen LogP contribution in [-0.4, -0.2) is 41.7 Å². The topological polar surface area (TPSA) is 92.8 Å². The Kier molecular flexibility index (Phi) is 6.53. The minimum atomic E-state index is -0.736. The van der Waals surface area contributed by atoms with Crippen LogP contribution in [0.15, 0.2) is 36.4 Å². The van der Waals surface area contributed by atoms with Crippen LogP contribution in [0, 0.1) is 19.8 Å². The van der Waals surface area contributed by atoms with Gasteiger partial charge in [-0.1, -0.05) is 32.0 Å². The molecule has 0 unspecified atom stereocenters. The fourth-order valence-corrected chi connectivity index (χ4v) is 3.41. The van der Waals surface area contributed by atoms with E-state index in [2.05, 4.69) is 5.32 Å². The number of carbonyl (C=O) groups is 4. The molecule has 1 aliphatic rings. The lowest BCUT2D eigenvalue weighted by Crippen LogP contribution is -2.31. The summed E-state index contributed by atoms with van der Waals surface area (Å²) in [6.07, 6.45) is 0.704. The maximum absolute atomic E-state index is 12.6. The molecule has 0 saturated carbocycles. The van der Waals surface area contributed by atoms with E-state index in [-0.39, 0.29) is 22.6 Å². The van der Waals surface area contributed by atoms with Crippen molar-refractivity contribution in [1.29, 1.82) is 0 Å². The molecule has 0 aromatic heterocycles. The molecule has 3 amide bonds. The Morgan fingerprint density at radius 3 is 2.29 bits per heavy atom. The number of carbonyl (C=O) groups excluding carboxylic acids is 4. The predicted octanol–water partition coefficient (Wildman–Crippen LogP) is 3.74. The van der Waals surface area contributed by atoms with E-state index >= 15 is 0 Å². The Hall–Kier alpha value is -3.48. The van der Waals surface area contributed by atoms with Gasteiger partial charge in [0.1, 0.15) is 0 Å². The van der Waals surface area contributed by atoms with E-state index < -0.39 is 24.4 Å². The number of fused-ring (bicyclic) bond motifs is 1. The molecule has 1 aliphatic heterocycles. The first kappa shape index (κ1) is 22.2. The quantitative estimate of drug-likeness (QED) is 0.542. The third kappa shape index (κ3) is 4.82. The molecular formula is C24H26N2O5. The summed E-state index contributed by atoms with van der Waals surface area (Å²) in [6, 6.07) is 9.89. The maximum atomic E-state index is 12.6. The molecule has 0 fully saturated rings. The largest absolute Gasteiger partial charge is 0.452 e. The van der Waals surface area contributed by atoms with Crippen LogP contribution < -0.4 is 5.32 Å². The Bertz CT molecular complexity index is 1040. The van der Waals surface area contributed by atoms with Gasteiger partial charge in [0.2, 0.25) is 0 Å². The van der Waals surface area contributed by atoms with Gasteiger partial charge in [-0.2, -0.15) is 0 Å². The van der Waals surface area contributed by atoms with E-state index in [0.717, 1.165) is 11.1 Å². The van der Waals surface area contributed by atoms with Crippen molar-refractivity contribution in [2.45, 2.75) is 34.1 Å². The number of aryl methyl sites for hydroxylation is 2. The Labute approximate surface area is 181 Å². The number of imide groups is 1. The highest BCUT2D eigenvalue weighted by Crippen LogP contribution is 2.25. The molecule has 0 saturated heterocycles. The number of nitrogens with one attached hydrogen (secondary N) is 1. The molecule has 2 aromatic rings. The van der Waals surface area contributed by atoms with Gasteiger partial charge in [-0.3, -0.25) is 19.3 Å². The minimum absolute atomic E-state index is 0.116. The molecule has 0 radical (unpaired) electrons. The first-order chi connectivity index (χ1) is 14.7. The van der Waals surface area contributed by atoms with Gasteiger partial charge >= 0.3 is 5.97 Å². The third-order valence-electron chi connectivity index (χ3n) is 5.22. The molecule has 0 aliphatic carbocycles. The van der Waals surface area contributed by atoms with Crippen molar-refractivity contribution in [2.24, 2.45) is 5.92 Å². The molecule has 31 heavy (non-hydrogen) atoms. The van der Waals surface area contributed by atoms with E-state index in [1.807, 2.05) is 45.9 Å². The zero-order valence-electron chi connectivity index (χ0n) is 18.2. The number of rotatable bonds is 7. The molecule has 0 spiro atoms. The van der Waals surface area contributed by atoms with Gasteiger partial charge in [0, 0.05) is 12.2 Å². The first-order valence-corrected chi connectivity index (χ1v) is 10.2. The summed E-state index contributed by atoms with van der Waals surface area (Å²) >= 11 is 0. The predicted molar refractivity (Wildman–Crippen MR) is 116 cm³/mol. The van der Waals surface area contributed by atoms with Crippen LogP contribution >= 0.6 is 0 Å². The van der Waals surface area contributed by atoms with E-state index in [9.17, 15) is 19.2 Å². The van der Waals surface area contributed by atoms with Crippen molar-refractivity contribution >= 4 is 29.4 Å². The van der Waals surface area contributed by atoms with Gasteiger partial charge in [-0.25, -0.2) is 4.79 Å². The van der Waals surface area contributed by atoms with Gasteiger partial charge in [0.25, 0.3) is 17.7 Å². The van der Waals surface area contributed by atoms with Gasteiger partial charge < -0.3 is 10.1 Å². The SMILES string of the molecule is Cc1cccc(C)c1NC(=O)COC(=O)c1ccc2c(c1)C(=O)N(CCC(C)C)C2=O. The summed E-state index contributed by atoms with van der Waals surface area (Å²) in [5.41, 5.74) is 3.07. The standard InChI is InChI=1S/C24H26N2O5/c1-14(2)10-11-26-22(28)18-9-8-17(12-19(18)23(26)29)24(30)31-13-20(27)25-21-15(3)6-5-7-16(21)4/h5-9,12,14H,10-11,13H2,1-4H3,(H,25,27). The van der Waals surface area contributed by atoms with Crippen LogP contribution in [0.25, 0.3) is 0 Å². The number of para-hydroxylation sites is 1. The van der Waals surface area contributed by atoms with Crippen molar-refractivity contribution in [3.05, 3.63) is 64.2 Å². The van der Waals surface area contributed by atoms with Gasteiger partial charge in [-0.15, -0.1) is 0 Å². The molecule has 1 heterocycles. The fourth-order valence-electron chi connectivity index (χ4n) is 3.41. The Morgan fingerprint density at radius 2 is 1.65 bits per heavy atom. The summed E-state index contributed by atoms with van der Waals surface area (Å²) in [4.78, 5) is 50.9. The van der Waals surface area contributed by atoms with Crippen LogP contribution in [0.2, 0.25) is 0 Å². The normalized spacial score (nSPS) is 12.9. The summed E-state index contributed by atoms with van der Waals surface area (Å²) in [5, 5.41) is 2.75. The molecular weight excluding hydrogens is 396 g/mol. The molecule has 0 atom stereocenters. The molecule has 1 N–H and O–H groups in total. The van der Waals surface area contributed by atoms with Gasteiger partial charge in [0.05, 0.1) is 16.7 Å². The zero-order chi connectivity index (χ0) is 22.7. The lowest BCUT2D eigenvalue weighted by molar-refractivity contribution is -0.119. The van der Waals surface area contributed by atoms with Crippen molar-refractivity contribution in [3.63, 3.8) is 0 Å². The molecule has 3 rings (SSSR count). The summed E-state index contributed by atoms with van der Waals surface area (Å²) in [6.45, 7) is 7.66. The lowest BCUT2D eigenvalue weighted by Gasteiger charge is -2.14. The molecule has 7 heteroatoms. The molecule has 7 nitrogen and oxygen atoms in total. The molecule has 2 aromatic carbocycles. The van der Waals surface area contributed by atoms with Crippen molar-refractivity contribution < 1.29 is 23.9 Å². The molecule has 0 bridgehead atoms. The number of ether oxygens (including phenoxy) is 1. The second kappa shape index (κ2) is 9.12. The van der Waals surface area contributed by atoms with Crippen LogP contribution in [0.5, 0.6) is 0 Å². The van der Waals surface area contributed by atoms with Crippen molar-refractivity contribution in [1.82, 2.24) is 4.90 Å². The number of esters is 1. The van der Waals surface area contributed by atoms with Crippen LogP contribution in [0.1, 0.15) is 62.5 Å². The summed E-state index contributed by atoms with van der Waals surface area (Å²) in [5.74, 6) is -1.61. The van der Waals surface area contributed by atoms with Crippen LogP contribution in [0.4, 0.5) is 5.69 Å². The highest BCUT2D eigenvalue weighted by atomic mass is 16.5. The van der Waals surface area contributed by atoms with Crippen molar-refractivity contribution in [2.75, 3.05) is 18.5 Å². The highest BCUT2D eigenvalue weighted by molar-refractivity contribution is 6.22. The number of hydrogen-bond donors (Lipinski definition) is 1. The van der Waals surface area contributed by atoms with Gasteiger partial charge in [0.15, 0.2) is 6.61 Å². The number of nitrogens with zero attached hydrogens (tertiary/aromatic N) is 1. The lowest BCUT2D eigenvalue weighted by atomic mass is 10.1. The average Bonchev–Trinajstić information content (AvgIpc) is 2.97. The van der Waals surface area contributed by atoms with Crippen LogP contribution in [0.3, 0.4) is 0 Å². The van der Waals surface area contributed by atoms with Gasteiger partial charge in [-0.05, 0) is 55.5 Å². The second-order valence-corrected chi connectivity index (χ2v) is 8.10. The van der Waals surface area contributed by atoms with Crippen molar-refractivity contribution in [3.8, 4) is 0 Å². The fraction of sp³-hybridized carbons (Fsp3) is 0.333. The number of hydrogen-bond acceptors (Lipinski definition) is 5. The third-order valence-corrected chi connectivity index (χ3v) is 5.22. The maximum Gasteiger partial charge on any atom is 0.338 e. The summed E-state index contributed by atoms with van der Waals surface area (Å²) < 4.78 is 5.11. The van der Waals surface area contributed by atoms with Crippen LogP contribution in [-0.2, 0) is 9.53 Å². The summed E-state index contributed by atoms with van der Waals surface area (Å²) in [7, 11) is 0. The number of benzene rings is 2. The zero-order valence-corrected chi connectivity index (χ0v) is 18.2. The Morgan fingerprint density at radius 1 is 1.00 bits per heavy atom. The molecule has 162 valence electrons. The van der Waals surface area contributed by atoms with E-state index in [4.69, 9.17) is 4.74 Å². The monoisotopic (exact) mass is 422 g/mol. The van der Waals surface area contributed by atoms with E-state index in [1.54, 1.807) is 0 Å². The highest BCUT2D eigenvalue weighted by Gasteiger charge is 2.35. The number of anilines is 1. The van der Waals surface area contributed by atoms with E-state index in [0.29, 0.717) is 24.6 Å². The van der Waals surface area contributed by atoms with E-state index in [1.165, 1.54) is 23.1 Å². The smallest absolute Gasteiger partial charge is 0.338 e. The minimum Gasteiger partial charge on any atom is -0.452 e.